The van der Waals surface area contributed by atoms with Gasteiger partial charge in [0.15, 0.2) is 12.6 Å². The van der Waals surface area contributed by atoms with Crippen LogP contribution in [0.5, 0.6) is 23.0 Å². The first-order valence-electron chi connectivity index (χ1n) is 20.9. The number of carbonyl (C=O) groups is 2. The van der Waals surface area contributed by atoms with Gasteiger partial charge in [-0.3, -0.25) is 9.59 Å². The van der Waals surface area contributed by atoms with E-state index in [4.69, 9.17) is 0 Å². The van der Waals surface area contributed by atoms with E-state index < -0.39 is 0 Å². The topological polar surface area (TPSA) is 115 Å². The van der Waals surface area contributed by atoms with Crippen LogP contribution < -0.4 is 0 Å². The van der Waals surface area contributed by atoms with Crippen LogP contribution in [0.25, 0.3) is 0 Å². The molecule has 56 heavy (non-hydrogen) atoms. The van der Waals surface area contributed by atoms with Gasteiger partial charge in [-0.15, -0.1) is 0 Å². The Morgan fingerprint density at radius 2 is 0.750 bits per heavy atom. The second-order valence-electron chi connectivity index (χ2n) is 19.7. The number of aryl methyl sites for hydroxylation is 4. The maximum Gasteiger partial charge on any atom is 0.153 e. The second kappa shape index (κ2) is 13.0. The first kappa shape index (κ1) is 37.0. The largest absolute Gasteiger partial charge is 0.508 e. The lowest BCUT2D eigenvalue weighted by atomic mass is 9.41. The number of benzene rings is 4. The molecule has 0 saturated heterocycles. The van der Waals surface area contributed by atoms with Gasteiger partial charge in [0.1, 0.15) is 23.0 Å². The summed E-state index contributed by atoms with van der Waals surface area (Å²) in [6.45, 7) is 7.75. The van der Waals surface area contributed by atoms with E-state index >= 15 is 0 Å². The highest BCUT2D eigenvalue weighted by molar-refractivity contribution is 5.81. The fraction of sp³-hybridized carbons (Fsp3) is 0.480. The van der Waals surface area contributed by atoms with Gasteiger partial charge in [-0.2, -0.15) is 0 Å². The molecular weight excluding hydrogens is 697 g/mol. The molecule has 0 atom stereocenters. The normalized spacial score (nSPS) is 33.2. The minimum absolute atomic E-state index is 0.00651. The molecule has 6 nitrogen and oxygen atoms in total. The molecule has 0 amide bonds. The Hall–Kier alpha value is -4.58. The molecule has 4 aromatic carbocycles. The van der Waals surface area contributed by atoms with E-state index in [1.54, 1.807) is 0 Å². The monoisotopic (exact) mass is 752 g/mol. The van der Waals surface area contributed by atoms with E-state index in [-0.39, 0.29) is 33.2 Å². The Morgan fingerprint density at radius 3 is 1.05 bits per heavy atom. The van der Waals surface area contributed by atoms with E-state index in [0.29, 0.717) is 34.5 Å². The standard InChI is InChI=1S/C26H28O4.C24H28O2/c1-15-3-21(6-19(12-27)23(15)29)25-8-17-5-18(9-25)11-26(10-17,14-25)22-4-16(2)24(30)20(7-22)13-28;1-15-7-19(3-5-21(15)25)23-10-17-9-18(11-23)13-24(12-17,14-23)20-4-6-22(26)16(2)8-20/h3-4,6-7,12-13,17-18,29-30H,5,8-11,14H2,1-2H3;3-8,17-18,25-26H,9-14H2,1-2H3. The molecule has 4 aromatic rings. The third-order valence-electron chi connectivity index (χ3n) is 15.9. The summed E-state index contributed by atoms with van der Waals surface area (Å²) in [5.74, 6) is 3.82. The first-order valence-corrected chi connectivity index (χ1v) is 20.9. The number of rotatable bonds is 6. The SMILES string of the molecule is Cc1cc(C23CC4CC(C2)CC(c2cc(C)c(O)c(C=O)c2)(C4)C3)cc(C=O)c1O.Cc1cc(C23CC4CC(C2)CC(c2ccc(O)c(C)c2)(C4)C3)ccc1O. The van der Waals surface area contributed by atoms with Crippen molar-refractivity contribution in [3.05, 3.63) is 116 Å². The Labute approximate surface area is 331 Å². The number of hydrogen-bond acceptors (Lipinski definition) is 6. The highest BCUT2D eigenvalue weighted by atomic mass is 16.3. The molecule has 0 spiro atoms. The van der Waals surface area contributed by atoms with Crippen LogP contribution in [0, 0.1) is 51.4 Å². The Balaban J connectivity index is 0.000000148. The summed E-state index contributed by atoms with van der Waals surface area (Å²) in [5.41, 5.74) is 9.95. The van der Waals surface area contributed by atoms with Crippen LogP contribution in [-0.4, -0.2) is 33.0 Å². The van der Waals surface area contributed by atoms with E-state index in [1.807, 2.05) is 52.0 Å². The van der Waals surface area contributed by atoms with Gasteiger partial charge < -0.3 is 20.4 Å². The fourth-order valence-corrected chi connectivity index (χ4v) is 14.3. The Kier molecular flexibility index (Phi) is 8.58. The Morgan fingerprint density at radius 1 is 0.446 bits per heavy atom. The molecule has 0 heterocycles. The second-order valence-corrected chi connectivity index (χ2v) is 19.7. The van der Waals surface area contributed by atoms with Gasteiger partial charge in [-0.25, -0.2) is 0 Å². The zero-order chi connectivity index (χ0) is 39.4. The number of aromatic hydroxyl groups is 4. The summed E-state index contributed by atoms with van der Waals surface area (Å²) in [6, 6.07) is 20.5. The van der Waals surface area contributed by atoms with Gasteiger partial charge in [0, 0.05) is 0 Å². The zero-order valence-electron chi connectivity index (χ0n) is 33.3. The van der Waals surface area contributed by atoms with Gasteiger partial charge in [0.2, 0.25) is 0 Å². The predicted octanol–water partition coefficient (Wildman–Crippen LogP) is 10.6. The van der Waals surface area contributed by atoms with Gasteiger partial charge in [0.25, 0.3) is 0 Å². The average Bonchev–Trinajstić information content (AvgIpc) is 3.15. The molecule has 4 N–H and O–H groups in total. The quantitative estimate of drug-likeness (QED) is 0.146. The van der Waals surface area contributed by atoms with E-state index in [2.05, 4.69) is 36.4 Å². The average molecular weight is 753 g/mol. The molecule has 12 rings (SSSR count). The summed E-state index contributed by atoms with van der Waals surface area (Å²) < 4.78 is 0. The first-order chi connectivity index (χ1) is 26.7. The van der Waals surface area contributed by atoms with Crippen molar-refractivity contribution in [1.29, 1.82) is 0 Å². The van der Waals surface area contributed by atoms with Gasteiger partial charge in [0.05, 0.1) is 11.1 Å². The number of aldehydes is 2. The van der Waals surface area contributed by atoms with Crippen LogP contribution in [0.4, 0.5) is 0 Å². The zero-order valence-corrected chi connectivity index (χ0v) is 33.3. The van der Waals surface area contributed by atoms with E-state index in [0.717, 1.165) is 78.8 Å². The molecule has 8 aliphatic rings. The number of carbonyl (C=O) groups excluding carboxylic acids is 2. The highest BCUT2D eigenvalue weighted by Gasteiger charge is 2.60. The number of hydrogen-bond donors (Lipinski definition) is 4. The molecule has 292 valence electrons. The van der Waals surface area contributed by atoms with Crippen LogP contribution in [0.2, 0.25) is 0 Å². The lowest BCUT2D eigenvalue weighted by Gasteiger charge is -2.63. The van der Waals surface area contributed by atoms with Crippen molar-refractivity contribution in [2.75, 3.05) is 0 Å². The molecule has 6 heteroatoms. The lowest BCUT2D eigenvalue weighted by Crippen LogP contribution is -2.56. The molecule has 0 radical (unpaired) electrons. The van der Waals surface area contributed by atoms with E-state index in [1.165, 1.54) is 67.2 Å². The van der Waals surface area contributed by atoms with Crippen molar-refractivity contribution in [2.45, 2.75) is 126 Å². The van der Waals surface area contributed by atoms with Crippen LogP contribution in [-0.2, 0) is 21.7 Å². The van der Waals surface area contributed by atoms with Crippen molar-refractivity contribution in [3.8, 4) is 23.0 Å². The van der Waals surface area contributed by atoms with Crippen LogP contribution in [0.1, 0.15) is 142 Å². The van der Waals surface area contributed by atoms with Crippen molar-refractivity contribution >= 4 is 12.6 Å². The maximum atomic E-state index is 11.6. The van der Waals surface area contributed by atoms with Gasteiger partial charge >= 0.3 is 0 Å². The molecule has 8 aliphatic carbocycles. The summed E-state index contributed by atoms with van der Waals surface area (Å²) in [5, 5.41) is 40.5. The van der Waals surface area contributed by atoms with Crippen molar-refractivity contribution in [1.82, 2.24) is 0 Å². The molecule has 8 bridgehead atoms. The molecular formula is C50H56O6. The lowest BCUT2D eigenvalue weighted by molar-refractivity contribution is -0.0283. The van der Waals surface area contributed by atoms with Crippen LogP contribution in [0.15, 0.2) is 60.7 Å². The number of phenolic OH excluding ortho intramolecular Hbond substituents is 4. The van der Waals surface area contributed by atoms with Crippen molar-refractivity contribution < 1.29 is 30.0 Å². The molecule has 8 saturated carbocycles. The van der Waals surface area contributed by atoms with Crippen LogP contribution in [0.3, 0.4) is 0 Å². The summed E-state index contributed by atoms with van der Waals surface area (Å²) in [6.07, 6.45) is 16.0. The summed E-state index contributed by atoms with van der Waals surface area (Å²) in [7, 11) is 0. The third kappa shape index (κ3) is 5.79. The molecule has 8 fully saturated rings. The van der Waals surface area contributed by atoms with Gasteiger partial charge in [-0.1, -0.05) is 36.4 Å². The predicted molar refractivity (Wildman–Crippen MR) is 218 cm³/mol. The number of phenols is 4. The smallest absolute Gasteiger partial charge is 0.153 e. The third-order valence-corrected chi connectivity index (χ3v) is 15.9. The molecule has 0 aliphatic heterocycles. The Bertz CT molecular complexity index is 2090. The van der Waals surface area contributed by atoms with Gasteiger partial charge in [-0.05, 0) is 219 Å². The summed E-state index contributed by atoms with van der Waals surface area (Å²) >= 11 is 0. The van der Waals surface area contributed by atoms with E-state index in [9.17, 15) is 30.0 Å². The minimum atomic E-state index is -0.00651. The molecule has 0 unspecified atom stereocenters. The van der Waals surface area contributed by atoms with Crippen LogP contribution >= 0.6 is 0 Å². The van der Waals surface area contributed by atoms with Crippen molar-refractivity contribution in [2.24, 2.45) is 23.7 Å². The molecule has 0 aromatic heterocycles. The minimum Gasteiger partial charge on any atom is -0.508 e. The van der Waals surface area contributed by atoms with Crippen molar-refractivity contribution in [3.63, 3.8) is 0 Å². The summed E-state index contributed by atoms with van der Waals surface area (Å²) in [4.78, 5) is 23.1. The maximum absolute atomic E-state index is 11.6. The highest BCUT2D eigenvalue weighted by Crippen LogP contribution is 2.68. The fourth-order valence-electron chi connectivity index (χ4n) is 14.3.